The summed E-state index contributed by atoms with van der Waals surface area (Å²) in [6.45, 7) is 1.66. The molecule has 8 nitrogen and oxygen atoms in total. The molecule has 0 radical (unpaired) electrons. The van der Waals surface area contributed by atoms with Crippen molar-refractivity contribution >= 4 is 17.8 Å². The lowest BCUT2D eigenvalue weighted by molar-refractivity contribution is -0.129. The molecule has 0 aromatic heterocycles. The van der Waals surface area contributed by atoms with E-state index in [0.29, 0.717) is 11.5 Å². The largest absolute Gasteiger partial charge is 0.493 e. The maximum absolute atomic E-state index is 12.4. The molecule has 8 heteroatoms. The van der Waals surface area contributed by atoms with Crippen molar-refractivity contribution in [1.82, 2.24) is 5.32 Å². The average molecular weight is 401 g/mol. The first-order valence-electron chi connectivity index (χ1n) is 8.78. The van der Waals surface area contributed by atoms with Crippen molar-refractivity contribution in [3.05, 3.63) is 59.2 Å². The van der Waals surface area contributed by atoms with Crippen LogP contribution in [0.15, 0.2) is 42.5 Å². The van der Waals surface area contributed by atoms with Crippen LogP contribution in [0.1, 0.15) is 33.2 Å². The number of benzene rings is 2. The fourth-order valence-corrected chi connectivity index (χ4v) is 2.55. The Morgan fingerprint density at radius 3 is 2.10 bits per heavy atom. The predicted molar refractivity (Wildman–Crippen MR) is 104 cm³/mol. The molecule has 1 N–H and O–H groups in total. The van der Waals surface area contributed by atoms with Gasteiger partial charge in [-0.15, -0.1) is 0 Å². The molecule has 0 saturated heterocycles. The topological polar surface area (TPSA) is 100 Å². The number of hydrogen-bond acceptors (Lipinski definition) is 7. The smallest absolute Gasteiger partial charge is 0.339 e. The lowest BCUT2D eigenvalue weighted by atomic mass is 10.1. The second-order valence-corrected chi connectivity index (χ2v) is 5.99. The Balaban J connectivity index is 1.99. The van der Waals surface area contributed by atoms with Gasteiger partial charge in [0, 0.05) is 6.54 Å². The highest BCUT2D eigenvalue weighted by atomic mass is 16.5. The van der Waals surface area contributed by atoms with E-state index < -0.39 is 23.9 Å². The molecule has 0 aliphatic carbocycles. The Morgan fingerprint density at radius 1 is 0.897 bits per heavy atom. The number of rotatable bonds is 8. The van der Waals surface area contributed by atoms with Crippen molar-refractivity contribution in [2.75, 3.05) is 21.3 Å². The van der Waals surface area contributed by atoms with Crippen LogP contribution in [0, 0.1) is 0 Å². The molecule has 0 bridgehead atoms. The van der Waals surface area contributed by atoms with Gasteiger partial charge in [-0.25, -0.2) is 9.59 Å². The number of nitrogens with one attached hydrogen (secondary N) is 1. The number of methoxy groups -OCH3 is 3. The third-order valence-corrected chi connectivity index (χ3v) is 4.12. The van der Waals surface area contributed by atoms with Crippen LogP contribution in [-0.2, 0) is 20.8 Å². The van der Waals surface area contributed by atoms with Gasteiger partial charge in [0.1, 0.15) is 0 Å². The minimum atomic E-state index is -1.06. The lowest BCUT2D eigenvalue weighted by Gasteiger charge is -2.15. The number of carbonyl (C=O) groups excluding carboxylic acids is 3. The summed E-state index contributed by atoms with van der Waals surface area (Å²) in [5, 5.41) is 2.69. The first-order valence-corrected chi connectivity index (χ1v) is 8.78. The zero-order chi connectivity index (χ0) is 21.4. The lowest BCUT2D eigenvalue weighted by Crippen LogP contribution is -2.35. The monoisotopic (exact) mass is 401 g/mol. The molecule has 0 aliphatic rings. The summed E-state index contributed by atoms with van der Waals surface area (Å²) in [6.07, 6.45) is -1.06. The van der Waals surface area contributed by atoms with Gasteiger partial charge in [0.2, 0.25) is 0 Å². The Kier molecular flexibility index (Phi) is 7.59. The Labute approximate surface area is 168 Å². The summed E-state index contributed by atoms with van der Waals surface area (Å²) < 4.78 is 20.3. The SMILES string of the molecule is COC(=O)c1ccccc1C(=O)OC(C)C(=O)NCc1ccc(OC)c(OC)c1. The van der Waals surface area contributed by atoms with Gasteiger partial charge in [-0.05, 0) is 36.8 Å². The quantitative estimate of drug-likeness (QED) is 0.678. The maximum atomic E-state index is 12.4. The molecule has 0 aliphatic heterocycles. The van der Waals surface area contributed by atoms with E-state index in [-0.39, 0.29) is 17.7 Å². The molecule has 1 unspecified atom stereocenters. The van der Waals surface area contributed by atoms with Crippen LogP contribution in [0.3, 0.4) is 0 Å². The van der Waals surface area contributed by atoms with E-state index in [4.69, 9.17) is 14.2 Å². The summed E-state index contributed by atoms with van der Waals surface area (Å²) in [5.41, 5.74) is 0.877. The van der Waals surface area contributed by atoms with Crippen LogP contribution >= 0.6 is 0 Å². The van der Waals surface area contributed by atoms with Crippen LogP contribution in [0.2, 0.25) is 0 Å². The molecular formula is C21H23NO7. The third kappa shape index (κ3) is 5.47. The molecule has 0 heterocycles. The van der Waals surface area contributed by atoms with Gasteiger partial charge in [-0.3, -0.25) is 4.79 Å². The fourth-order valence-electron chi connectivity index (χ4n) is 2.55. The van der Waals surface area contributed by atoms with E-state index in [1.54, 1.807) is 30.3 Å². The van der Waals surface area contributed by atoms with Crippen LogP contribution in [0.5, 0.6) is 11.5 Å². The number of carbonyl (C=O) groups is 3. The van der Waals surface area contributed by atoms with Crippen molar-refractivity contribution in [3.63, 3.8) is 0 Å². The highest BCUT2D eigenvalue weighted by Gasteiger charge is 2.23. The van der Waals surface area contributed by atoms with Crippen molar-refractivity contribution in [1.29, 1.82) is 0 Å². The van der Waals surface area contributed by atoms with E-state index in [1.165, 1.54) is 40.4 Å². The number of amides is 1. The fraction of sp³-hybridized carbons (Fsp3) is 0.286. The molecule has 1 atom stereocenters. The number of hydrogen-bond donors (Lipinski definition) is 1. The molecule has 0 spiro atoms. The molecule has 154 valence electrons. The van der Waals surface area contributed by atoms with Gasteiger partial charge in [0.05, 0.1) is 32.5 Å². The van der Waals surface area contributed by atoms with Crippen molar-refractivity contribution in [2.45, 2.75) is 19.6 Å². The van der Waals surface area contributed by atoms with Gasteiger partial charge in [0.15, 0.2) is 17.6 Å². The van der Waals surface area contributed by atoms with Gasteiger partial charge in [-0.1, -0.05) is 18.2 Å². The van der Waals surface area contributed by atoms with Gasteiger partial charge in [0.25, 0.3) is 5.91 Å². The number of ether oxygens (including phenoxy) is 4. The summed E-state index contributed by atoms with van der Waals surface area (Å²) in [6, 6.07) is 11.3. The molecule has 29 heavy (non-hydrogen) atoms. The molecular weight excluding hydrogens is 378 g/mol. The average Bonchev–Trinajstić information content (AvgIpc) is 2.76. The van der Waals surface area contributed by atoms with Gasteiger partial charge in [-0.2, -0.15) is 0 Å². The second kappa shape index (κ2) is 10.1. The van der Waals surface area contributed by atoms with E-state index in [9.17, 15) is 14.4 Å². The summed E-state index contributed by atoms with van der Waals surface area (Å²) >= 11 is 0. The normalized spacial score (nSPS) is 11.2. The minimum Gasteiger partial charge on any atom is -0.493 e. The molecule has 2 aromatic rings. The molecule has 1 amide bonds. The van der Waals surface area contributed by atoms with E-state index in [2.05, 4.69) is 10.1 Å². The summed E-state index contributed by atoms with van der Waals surface area (Å²) in [4.78, 5) is 36.5. The van der Waals surface area contributed by atoms with Crippen LogP contribution < -0.4 is 14.8 Å². The summed E-state index contributed by atoms with van der Waals surface area (Å²) in [5.74, 6) is -0.821. The van der Waals surface area contributed by atoms with Crippen LogP contribution in [0.25, 0.3) is 0 Å². The Morgan fingerprint density at radius 2 is 1.52 bits per heavy atom. The highest BCUT2D eigenvalue weighted by molar-refractivity contribution is 6.03. The first-order chi connectivity index (χ1) is 13.9. The zero-order valence-corrected chi connectivity index (χ0v) is 16.7. The van der Waals surface area contributed by atoms with E-state index >= 15 is 0 Å². The zero-order valence-electron chi connectivity index (χ0n) is 16.7. The van der Waals surface area contributed by atoms with Crippen molar-refractivity contribution in [3.8, 4) is 11.5 Å². The van der Waals surface area contributed by atoms with Crippen molar-refractivity contribution in [2.24, 2.45) is 0 Å². The van der Waals surface area contributed by atoms with Gasteiger partial charge >= 0.3 is 11.9 Å². The highest BCUT2D eigenvalue weighted by Crippen LogP contribution is 2.27. The first kappa shape index (κ1) is 21.7. The predicted octanol–water partition coefficient (Wildman–Crippen LogP) is 2.35. The molecule has 2 rings (SSSR count). The van der Waals surface area contributed by atoms with Crippen LogP contribution in [0.4, 0.5) is 0 Å². The maximum Gasteiger partial charge on any atom is 0.339 e. The Hall–Kier alpha value is -3.55. The number of esters is 2. The van der Waals surface area contributed by atoms with E-state index in [1.807, 2.05) is 0 Å². The summed E-state index contributed by atoms with van der Waals surface area (Å²) in [7, 11) is 4.27. The van der Waals surface area contributed by atoms with Crippen LogP contribution in [-0.4, -0.2) is 45.3 Å². The van der Waals surface area contributed by atoms with Gasteiger partial charge < -0.3 is 24.3 Å². The van der Waals surface area contributed by atoms with E-state index in [0.717, 1.165) is 5.56 Å². The van der Waals surface area contributed by atoms with Crippen molar-refractivity contribution < 1.29 is 33.3 Å². The molecule has 0 fully saturated rings. The third-order valence-electron chi connectivity index (χ3n) is 4.12. The molecule has 2 aromatic carbocycles. The molecule has 0 saturated carbocycles. The second-order valence-electron chi connectivity index (χ2n) is 5.99. The Bertz CT molecular complexity index is 894. The minimum absolute atomic E-state index is 0.0268. The standard InChI is InChI=1S/C21H23NO7/c1-13(29-21(25)16-8-6-5-7-15(16)20(24)28-4)19(23)22-12-14-9-10-17(26-2)18(11-14)27-3/h5-11,13H,12H2,1-4H3,(H,22,23).